The molecule has 0 bridgehead atoms. The van der Waals surface area contributed by atoms with Crippen LogP contribution >= 0.6 is 0 Å². The van der Waals surface area contributed by atoms with E-state index >= 15 is 0 Å². The number of likely N-dealkylation sites (N-methyl/N-ethyl adjacent to an activating group) is 1. The van der Waals surface area contributed by atoms with E-state index in [-0.39, 0.29) is 5.54 Å². The van der Waals surface area contributed by atoms with Gasteiger partial charge in [0.25, 0.3) is 0 Å². The fourth-order valence-electron chi connectivity index (χ4n) is 4.16. The maximum Gasteiger partial charge on any atom is 0.158 e. The van der Waals surface area contributed by atoms with E-state index in [1.807, 2.05) is 26.0 Å². The van der Waals surface area contributed by atoms with E-state index in [2.05, 4.69) is 70.6 Å². The van der Waals surface area contributed by atoms with Crippen LogP contribution in [0.5, 0.6) is 0 Å². The SMILES string of the molecule is Cc1c(C#N)cccc1[C@@H](N)Nc1nnc(C)c2ccc(N3CC(C)(N(C)C)C3)cc12. The molecule has 0 amide bonds. The largest absolute Gasteiger partial charge is 0.368 e. The van der Waals surface area contributed by atoms with Crippen LogP contribution in [0, 0.1) is 25.2 Å². The molecule has 1 atom stereocenters. The molecular formula is C24H29N7. The van der Waals surface area contributed by atoms with Crippen molar-refractivity contribution in [3.63, 3.8) is 0 Å². The van der Waals surface area contributed by atoms with Crippen LogP contribution in [0.25, 0.3) is 10.8 Å². The van der Waals surface area contributed by atoms with Crippen molar-refractivity contribution in [2.75, 3.05) is 37.4 Å². The molecule has 1 aromatic heterocycles. The second-order valence-electron chi connectivity index (χ2n) is 8.86. The highest BCUT2D eigenvalue weighted by atomic mass is 15.3. The highest BCUT2D eigenvalue weighted by Crippen LogP contribution is 2.35. The van der Waals surface area contributed by atoms with E-state index < -0.39 is 6.17 Å². The molecule has 31 heavy (non-hydrogen) atoms. The molecule has 2 aromatic carbocycles. The summed E-state index contributed by atoms with van der Waals surface area (Å²) < 4.78 is 0. The third-order valence-corrected chi connectivity index (χ3v) is 6.58. The van der Waals surface area contributed by atoms with Crippen molar-refractivity contribution >= 4 is 22.3 Å². The maximum atomic E-state index is 9.33. The van der Waals surface area contributed by atoms with Crippen LogP contribution in [-0.4, -0.2) is 47.8 Å². The first-order valence-electron chi connectivity index (χ1n) is 10.4. The first-order chi connectivity index (χ1) is 14.7. The zero-order valence-corrected chi connectivity index (χ0v) is 18.8. The number of fused-ring (bicyclic) bond motifs is 1. The van der Waals surface area contributed by atoms with E-state index in [4.69, 9.17) is 5.73 Å². The van der Waals surface area contributed by atoms with Crippen molar-refractivity contribution < 1.29 is 0 Å². The molecule has 4 rings (SSSR count). The lowest BCUT2D eigenvalue weighted by atomic mass is 9.90. The van der Waals surface area contributed by atoms with Gasteiger partial charge in [0.2, 0.25) is 0 Å². The lowest BCUT2D eigenvalue weighted by Crippen LogP contribution is -2.67. The number of hydrogen-bond acceptors (Lipinski definition) is 7. The van der Waals surface area contributed by atoms with Crippen molar-refractivity contribution in [3.05, 3.63) is 58.8 Å². The number of hydrogen-bond donors (Lipinski definition) is 2. The highest BCUT2D eigenvalue weighted by molar-refractivity contribution is 5.95. The van der Waals surface area contributed by atoms with Gasteiger partial charge in [-0.05, 0) is 64.2 Å². The highest BCUT2D eigenvalue weighted by Gasteiger charge is 2.40. The summed E-state index contributed by atoms with van der Waals surface area (Å²) >= 11 is 0. The van der Waals surface area contributed by atoms with Crippen LogP contribution < -0.4 is 16.0 Å². The molecule has 7 heteroatoms. The number of nitrogens with one attached hydrogen (secondary N) is 1. The van der Waals surface area contributed by atoms with Gasteiger partial charge < -0.3 is 20.9 Å². The predicted octanol–water partition coefficient (Wildman–Crippen LogP) is 3.33. The molecule has 0 aliphatic carbocycles. The first kappa shape index (κ1) is 21.0. The Kier molecular flexibility index (Phi) is 5.29. The predicted molar refractivity (Wildman–Crippen MR) is 125 cm³/mol. The second-order valence-corrected chi connectivity index (χ2v) is 8.86. The van der Waals surface area contributed by atoms with Crippen molar-refractivity contribution in [2.45, 2.75) is 32.5 Å². The average Bonchev–Trinajstić information content (AvgIpc) is 2.73. The Morgan fingerprint density at radius 2 is 1.90 bits per heavy atom. The summed E-state index contributed by atoms with van der Waals surface area (Å²) in [4.78, 5) is 4.66. The summed E-state index contributed by atoms with van der Waals surface area (Å²) in [7, 11) is 4.26. The number of nitrogens with zero attached hydrogens (tertiary/aromatic N) is 5. The molecule has 2 heterocycles. The van der Waals surface area contributed by atoms with Gasteiger partial charge in [0.05, 0.1) is 22.9 Å². The molecule has 160 valence electrons. The Morgan fingerprint density at radius 3 is 2.58 bits per heavy atom. The van der Waals surface area contributed by atoms with Crippen LogP contribution in [0.3, 0.4) is 0 Å². The van der Waals surface area contributed by atoms with Gasteiger partial charge in [0.1, 0.15) is 6.17 Å². The number of aryl methyl sites for hydroxylation is 1. The van der Waals surface area contributed by atoms with Crippen LogP contribution in [0.15, 0.2) is 36.4 Å². The lowest BCUT2D eigenvalue weighted by Gasteiger charge is -2.53. The second kappa shape index (κ2) is 7.80. The van der Waals surface area contributed by atoms with Gasteiger partial charge in [-0.1, -0.05) is 18.2 Å². The molecule has 0 spiro atoms. The van der Waals surface area contributed by atoms with E-state index in [0.717, 1.165) is 40.7 Å². The smallest absolute Gasteiger partial charge is 0.158 e. The summed E-state index contributed by atoms with van der Waals surface area (Å²) in [6.45, 7) is 8.12. The Morgan fingerprint density at radius 1 is 1.16 bits per heavy atom. The molecule has 1 saturated heterocycles. The van der Waals surface area contributed by atoms with Crippen molar-refractivity contribution in [2.24, 2.45) is 5.73 Å². The molecule has 1 fully saturated rings. The molecule has 7 nitrogen and oxygen atoms in total. The van der Waals surface area contributed by atoms with Crippen molar-refractivity contribution in [3.8, 4) is 6.07 Å². The Bertz CT molecular complexity index is 1170. The van der Waals surface area contributed by atoms with Crippen molar-refractivity contribution in [1.82, 2.24) is 15.1 Å². The third kappa shape index (κ3) is 3.69. The number of rotatable bonds is 5. The van der Waals surface area contributed by atoms with Gasteiger partial charge in [-0.2, -0.15) is 10.4 Å². The third-order valence-electron chi connectivity index (χ3n) is 6.58. The Hall–Kier alpha value is -3.21. The van der Waals surface area contributed by atoms with Crippen LogP contribution in [0.4, 0.5) is 11.5 Å². The normalized spacial score (nSPS) is 16.1. The van der Waals surface area contributed by atoms with Crippen LogP contribution in [-0.2, 0) is 0 Å². The van der Waals surface area contributed by atoms with Gasteiger partial charge in [-0.3, -0.25) is 0 Å². The van der Waals surface area contributed by atoms with Crippen molar-refractivity contribution in [1.29, 1.82) is 5.26 Å². The van der Waals surface area contributed by atoms with Crippen LogP contribution in [0.1, 0.15) is 35.5 Å². The standard InChI is InChI=1S/C24H29N7/c1-15-17(12-25)7-6-8-19(15)22(26)27-23-21-11-18(9-10-20(21)16(2)28-29-23)31-13-24(3,14-31)30(4)5/h6-11,22H,13-14,26H2,1-5H3,(H,27,29)/t22-/m0/s1. The molecule has 3 aromatic rings. The Labute approximate surface area is 183 Å². The topological polar surface area (TPSA) is 94.1 Å². The molecular weight excluding hydrogens is 386 g/mol. The minimum atomic E-state index is -0.502. The lowest BCUT2D eigenvalue weighted by molar-refractivity contribution is 0.133. The molecule has 3 N–H and O–H groups in total. The molecule has 0 unspecified atom stereocenters. The number of anilines is 2. The van der Waals surface area contributed by atoms with Gasteiger partial charge in [-0.25, -0.2) is 0 Å². The summed E-state index contributed by atoms with van der Waals surface area (Å²) in [6, 6.07) is 14.2. The van der Waals surface area contributed by atoms with E-state index in [1.54, 1.807) is 6.07 Å². The summed E-state index contributed by atoms with van der Waals surface area (Å²) in [5.74, 6) is 0.646. The van der Waals surface area contributed by atoms with Gasteiger partial charge in [0.15, 0.2) is 5.82 Å². The number of benzene rings is 2. The zero-order chi connectivity index (χ0) is 22.3. The monoisotopic (exact) mass is 415 g/mol. The molecule has 1 aliphatic heterocycles. The fourth-order valence-corrected chi connectivity index (χ4v) is 4.16. The average molecular weight is 416 g/mol. The zero-order valence-electron chi connectivity index (χ0n) is 18.8. The fraction of sp³-hybridized carbons (Fsp3) is 0.375. The Balaban J connectivity index is 1.67. The number of aromatic nitrogens is 2. The van der Waals surface area contributed by atoms with E-state index in [1.165, 1.54) is 5.69 Å². The van der Waals surface area contributed by atoms with E-state index in [0.29, 0.717) is 11.4 Å². The molecule has 1 aliphatic rings. The number of nitriles is 1. The number of nitrogens with two attached hydrogens (primary N) is 1. The van der Waals surface area contributed by atoms with Gasteiger partial charge in [-0.15, -0.1) is 5.10 Å². The minimum Gasteiger partial charge on any atom is -0.368 e. The first-order valence-corrected chi connectivity index (χ1v) is 10.4. The summed E-state index contributed by atoms with van der Waals surface area (Å²) in [6.07, 6.45) is -0.502. The van der Waals surface area contributed by atoms with Gasteiger partial charge >= 0.3 is 0 Å². The maximum absolute atomic E-state index is 9.33. The quantitative estimate of drug-likeness (QED) is 0.617. The molecule has 0 saturated carbocycles. The summed E-state index contributed by atoms with van der Waals surface area (Å²) in [5, 5.41) is 23.4. The van der Waals surface area contributed by atoms with Gasteiger partial charge in [0, 0.05) is 29.5 Å². The van der Waals surface area contributed by atoms with E-state index in [9.17, 15) is 5.26 Å². The van der Waals surface area contributed by atoms with Crippen LogP contribution in [0.2, 0.25) is 0 Å². The minimum absolute atomic E-state index is 0.189. The molecule has 0 radical (unpaired) electrons. The summed E-state index contributed by atoms with van der Waals surface area (Å²) in [5.41, 5.74) is 11.1.